The standard InChI is InChI=1S/C26H24F2N6O2S2/c1-25(19-10-26(19,13-35-2)38-24(29)34-25)17-8-15(9-18(27)21(17)28)33-23-22-14(3-4-31-23)7-16(11-32-22)36-12-20-30-5-6-37-20/h3-9,11,19H,10,12-13H2,1-2H3,(H2,29,34)(H,31,33)/t19-,25+,26+/m0/s1. The summed E-state index contributed by atoms with van der Waals surface area (Å²) in [5.41, 5.74) is 6.14. The van der Waals surface area contributed by atoms with Crippen molar-refractivity contribution in [2.45, 2.75) is 30.2 Å². The van der Waals surface area contributed by atoms with Crippen LogP contribution in [-0.2, 0) is 16.9 Å². The number of rotatable bonds is 8. The molecule has 0 spiro atoms. The van der Waals surface area contributed by atoms with Crippen LogP contribution in [0.2, 0.25) is 0 Å². The SMILES string of the molecule is COC[C@]12C[C@H]1[C@@](C)(c1cc(Nc3nccc4cc(OCc5nccs5)cnc34)cc(F)c1F)N=C(N)S2. The third-order valence-electron chi connectivity index (χ3n) is 7.00. The molecule has 1 aliphatic carbocycles. The fraction of sp³-hybridized carbons (Fsp3) is 0.308. The van der Waals surface area contributed by atoms with E-state index in [4.69, 9.17) is 15.2 Å². The molecule has 3 atom stereocenters. The lowest BCUT2D eigenvalue weighted by Gasteiger charge is -2.34. The second-order valence-corrected chi connectivity index (χ2v) is 11.9. The number of nitrogens with zero attached hydrogens (tertiary/aromatic N) is 4. The summed E-state index contributed by atoms with van der Waals surface area (Å²) in [5, 5.41) is 6.98. The van der Waals surface area contributed by atoms with Gasteiger partial charge in [0.15, 0.2) is 22.6 Å². The Bertz CT molecular complexity index is 1550. The molecule has 0 bridgehead atoms. The first kappa shape index (κ1) is 25.0. The van der Waals surface area contributed by atoms with Crippen molar-refractivity contribution in [1.82, 2.24) is 15.0 Å². The Morgan fingerprint density at radius 3 is 2.84 bits per heavy atom. The first-order valence-corrected chi connectivity index (χ1v) is 13.6. The van der Waals surface area contributed by atoms with Gasteiger partial charge in [0.1, 0.15) is 22.9 Å². The van der Waals surface area contributed by atoms with E-state index in [2.05, 4.69) is 25.3 Å². The van der Waals surface area contributed by atoms with E-state index >= 15 is 4.39 Å². The molecule has 38 heavy (non-hydrogen) atoms. The van der Waals surface area contributed by atoms with Gasteiger partial charge in [0, 0.05) is 53.5 Å². The van der Waals surface area contributed by atoms with Crippen LogP contribution < -0.4 is 15.8 Å². The van der Waals surface area contributed by atoms with Crippen LogP contribution in [0.25, 0.3) is 10.9 Å². The Hall–Kier alpha value is -3.35. The fourth-order valence-electron chi connectivity index (χ4n) is 5.18. The molecule has 1 saturated carbocycles. The Kier molecular flexibility index (Phi) is 6.20. The number of ether oxygens (including phenoxy) is 2. The molecule has 0 unspecified atom stereocenters. The second kappa shape index (κ2) is 9.44. The van der Waals surface area contributed by atoms with E-state index in [0.29, 0.717) is 41.2 Å². The Balaban J connectivity index is 1.31. The maximum atomic E-state index is 15.3. The molecule has 2 aliphatic rings. The van der Waals surface area contributed by atoms with Crippen LogP contribution in [0.3, 0.4) is 0 Å². The summed E-state index contributed by atoms with van der Waals surface area (Å²) in [6.07, 6.45) is 5.68. The van der Waals surface area contributed by atoms with Crippen molar-refractivity contribution in [1.29, 1.82) is 0 Å². The first-order valence-electron chi connectivity index (χ1n) is 11.9. The molecule has 0 radical (unpaired) electrons. The predicted octanol–water partition coefficient (Wildman–Crippen LogP) is 5.37. The molecule has 0 saturated heterocycles. The van der Waals surface area contributed by atoms with Crippen LogP contribution in [0, 0.1) is 17.6 Å². The molecule has 1 fully saturated rings. The second-order valence-electron chi connectivity index (χ2n) is 9.52. The summed E-state index contributed by atoms with van der Waals surface area (Å²) in [6.45, 7) is 2.60. The molecular formula is C26H24F2N6O2S2. The van der Waals surface area contributed by atoms with Crippen molar-refractivity contribution in [3.63, 3.8) is 0 Å². The van der Waals surface area contributed by atoms with Crippen LogP contribution in [0.5, 0.6) is 5.75 Å². The highest BCUT2D eigenvalue weighted by Crippen LogP contribution is 2.66. The molecule has 4 heterocycles. The number of thiazole rings is 1. The Morgan fingerprint density at radius 2 is 2.05 bits per heavy atom. The highest BCUT2D eigenvalue weighted by molar-refractivity contribution is 8.15. The van der Waals surface area contributed by atoms with E-state index in [1.807, 2.05) is 11.4 Å². The van der Waals surface area contributed by atoms with Gasteiger partial charge in [-0.05, 0) is 31.5 Å². The number of aromatic nitrogens is 3. The van der Waals surface area contributed by atoms with Crippen molar-refractivity contribution in [2.75, 3.05) is 19.0 Å². The average molecular weight is 555 g/mol. The minimum absolute atomic E-state index is 0.0449. The molecule has 1 aromatic carbocycles. The number of benzene rings is 1. The molecule has 3 aromatic heterocycles. The minimum atomic E-state index is -1.04. The Labute approximate surface area is 225 Å². The summed E-state index contributed by atoms with van der Waals surface area (Å²) in [6, 6.07) is 6.34. The van der Waals surface area contributed by atoms with Crippen molar-refractivity contribution in [3.05, 3.63) is 70.4 Å². The van der Waals surface area contributed by atoms with Crippen molar-refractivity contribution >= 4 is 50.7 Å². The number of pyridine rings is 2. The van der Waals surface area contributed by atoms with Crippen molar-refractivity contribution in [3.8, 4) is 5.75 Å². The number of aliphatic imine (C=N–C) groups is 1. The van der Waals surface area contributed by atoms with Gasteiger partial charge >= 0.3 is 0 Å². The summed E-state index contributed by atoms with van der Waals surface area (Å²) >= 11 is 2.96. The molecule has 8 nitrogen and oxygen atoms in total. The molecule has 0 amide bonds. The van der Waals surface area contributed by atoms with Gasteiger partial charge in [-0.3, -0.25) is 4.99 Å². The topological polar surface area (TPSA) is 108 Å². The van der Waals surface area contributed by atoms with Gasteiger partial charge in [-0.2, -0.15) is 0 Å². The van der Waals surface area contributed by atoms with E-state index in [9.17, 15) is 4.39 Å². The molecule has 196 valence electrons. The van der Waals surface area contributed by atoms with Crippen molar-refractivity contribution in [2.24, 2.45) is 16.6 Å². The van der Waals surface area contributed by atoms with Gasteiger partial charge in [0.05, 0.1) is 23.1 Å². The number of hydrogen-bond donors (Lipinski definition) is 2. The minimum Gasteiger partial charge on any atom is -0.485 e. The highest BCUT2D eigenvalue weighted by atomic mass is 32.2. The van der Waals surface area contributed by atoms with E-state index in [0.717, 1.165) is 22.9 Å². The lowest BCUT2D eigenvalue weighted by molar-refractivity contribution is 0.184. The number of nitrogens with two attached hydrogens (primary N) is 1. The molecule has 3 N–H and O–H groups in total. The summed E-state index contributed by atoms with van der Waals surface area (Å²) in [5.74, 6) is -0.981. The van der Waals surface area contributed by atoms with Crippen LogP contribution in [0.1, 0.15) is 23.9 Å². The highest BCUT2D eigenvalue weighted by Gasteiger charge is 2.66. The van der Waals surface area contributed by atoms with E-state index in [1.165, 1.54) is 23.1 Å². The normalized spacial score (nSPS) is 24.1. The number of nitrogens with one attached hydrogen (secondary N) is 1. The smallest absolute Gasteiger partial charge is 0.164 e. The lowest BCUT2D eigenvalue weighted by Crippen LogP contribution is -2.37. The van der Waals surface area contributed by atoms with Gasteiger partial charge in [0.25, 0.3) is 0 Å². The van der Waals surface area contributed by atoms with E-state index < -0.39 is 17.2 Å². The lowest BCUT2D eigenvalue weighted by atomic mass is 9.85. The predicted molar refractivity (Wildman–Crippen MR) is 145 cm³/mol. The van der Waals surface area contributed by atoms with E-state index in [1.54, 1.807) is 44.8 Å². The van der Waals surface area contributed by atoms with Gasteiger partial charge in [-0.1, -0.05) is 11.8 Å². The summed E-state index contributed by atoms with van der Waals surface area (Å²) in [4.78, 5) is 17.7. The zero-order valence-electron chi connectivity index (χ0n) is 20.6. The number of methoxy groups -OCH3 is 1. The third kappa shape index (κ3) is 4.36. The number of anilines is 2. The maximum Gasteiger partial charge on any atom is 0.164 e. The average Bonchev–Trinajstić information content (AvgIpc) is 3.36. The molecule has 12 heteroatoms. The number of halogens is 2. The number of fused-ring (bicyclic) bond motifs is 2. The zero-order valence-corrected chi connectivity index (χ0v) is 22.2. The monoisotopic (exact) mass is 554 g/mol. The summed E-state index contributed by atoms with van der Waals surface area (Å²) in [7, 11) is 1.62. The van der Waals surface area contributed by atoms with Crippen LogP contribution >= 0.6 is 23.1 Å². The van der Waals surface area contributed by atoms with Crippen molar-refractivity contribution < 1.29 is 18.3 Å². The van der Waals surface area contributed by atoms with Crippen LogP contribution in [0.15, 0.2) is 53.2 Å². The third-order valence-corrected chi connectivity index (χ3v) is 9.03. The molecule has 1 aliphatic heterocycles. The van der Waals surface area contributed by atoms with Gasteiger partial charge < -0.3 is 20.5 Å². The van der Waals surface area contributed by atoms with Gasteiger partial charge in [0.2, 0.25) is 0 Å². The first-order chi connectivity index (χ1) is 18.3. The van der Waals surface area contributed by atoms with Crippen LogP contribution in [0.4, 0.5) is 20.3 Å². The number of thioether (sulfide) groups is 1. The molecular weight excluding hydrogens is 530 g/mol. The molecule has 6 rings (SSSR count). The maximum absolute atomic E-state index is 15.3. The largest absolute Gasteiger partial charge is 0.485 e. The van der Waals surface area contributed by atoms with Gasteiger partial charge in [-0.15, -0.1) is 11.3 Å². The van der Waals surface area contributed by atoms with Gasteiger partial charge in [-0.25, -0.2) is 23.7 Å². The molecule has 4 aromatic rings. The quantitative estimate of drug-likeness (QED) is 0.299. The zero-order chi connectivity index (χ0) is 26.5. The number of hydrogen-bond acceptors (Lipinski definition) is 10. The van der Waals surface area contributed by atoms with Crippen LogP contribution in [-0.4, -0.2) is 38.6 Å². The summed E-state index contributed by atoms with van der Waals surface area (Å²) < 4.78 is 41.1. The Morgan fingerprint density at radius 1 is 1.18 bits per heavy atom. The number of amidine groups is 1. The fourth-order valence-corrected chi connectivity index (χ4v) is 7.15. The van der Waals surface area contributed by atoms with E-state index in [-0.39, 0.29) is 16.2 Å².